The molecule has 1 aliphatic rings. The number of aromatic nitrogens is 2. The number of nitrogens with zero attached hydrogens (tertiary/aromatic N) is 3. The first-order valence-electron chi connectivity index (χ1n) is 10.8. The van der Waals surface area contributed by atoms with Crippen molar-refractivity contribution in [3.8, 4) is 0 Å². The Morgan fingerprint density at radius 2 is 1.92 bits per heavy atom. The summed E-state index contributed by atoms with van der Waals surface area (Å²) in [6.07, 6.45) is 12.0. The van der Waals surface area contributed by atoms with Gasteiger partial charge in [0, 0.05) is 25.1 Å². The molecular weight excluding hydrogens is 322 g/mol. The van der Waals surface area contributed by atoms with E-state index in [1.54, 1.807) is 0 Å². The summed E-state index contributed by atoms with van der Waals surface area (Å²) in [5.41, 5.74) is 1.34. The molecule has 0 bridgehead atoms. The summed E-state index contributed by atoms with van der Waals surface area (Å²) in [5, 5.41) is 4.53. The summed E-state index contributed by atoms with van der Waals surface area (Å²) in [6.45, 7) is 13.3. The molecule has 0 aromatic carbocycles. The van der Waals surface area contributed by atoms with Gasteiger partial charge in [-0.15, -0.1) is 0 Å². The standard InChI is InChI=1S/C22H39N3O/c1-5-19(4)22(26)9-7-6-8-12-24-13-10-20(11-14-24)16-25-17-21(15-23-25)18(2)3/h15,17-20H,5-14,16H2,1-4H3. The fraction of sp³-hybridized carbons (Fsp3) is 0.818. The van der Waals surface area contributed by atoms with Gasteiger partial charge < -0.3 is 4.90 Å². The van der Waals surface area contributed by atoms with Crippen LogP contribution in [0.15, 0.2) is 12.4 Å². The maximum absolute atomic E-state index is 11.8. The third kappa shape index (κ3) is 6.86. The molecule has 1 fully saturated rings. The molecule has 1 aromatic heterocycles. The number of unbranched alkanes of at least 4 members (excludes halogenated alkanes) is 2. The molecule has 2 heterocycles. The molecule has 0 N–H and O–H groups in total. The topological polar surface area (TPSA) is 38.1 Å². The number of carbonyl (C=O) groups is 1. The lowest BCUT2D eigenvalue weighted by Gasteiger charge is -2.31. The highest BCUT2D eigenvalue weighted by atomic mass is 16.1. The Balaban J connectivity index is 1.56. The molecule has 0 spiro atoms. The van der Waals surface area contributed by atoms with Gasteiger partial charge >= 0.3 is 0 Å². The van der Waals surface area contributed by atoms with Crippen LogP contribution in [0.3, 0.4) is 0 Å². The van der Waals surface area contributed by atoms with Crippen LogP contribution in [0.5, 0.6) is 0 Å². The highest BCUT2D eigenvalue weighted by molar-refractivity contribution is 5.80. The van der Waals surface area contributed by atoms with E-state index in [1.807, 2.05) is 6.20 Å². The molecule has 1 atom stereocenters. The van der Waals surface area contributed by atoms with Crippen LogP contribution in [0.25, 0.3) is 0 Å². The number of hydrogen-bond donors (Lipinski definition) is 0. The predicted octanol–water partition coefficient (Wildman–Crippen LogP) is 4.89. The molecule has 4 nitrogen and oxygen atoms in total. The molecule has 0 saturated carbocycles. The lowest BCUT2D eigenvalue weighted by atomic mass is 9.96. The van der Waals surface area contributed by atoms with Crippen molar-refractivity contribution < 1.29 is 4.79 Å². The van der Waals surface area contributed by atoms with Crippen LogP contribution in [0.2, 0.25) is 0 Å². The average Bonchev–Trinajstić information content (AvgIpc) is 3.10. The Morgan fingerprint density at radius 3 is 2.54 bits per heavy atom. The largest absolute Gasteiger partial charge is 0.303 e. The lowest BCUT2D eigenvalue weighted by Crippen LogP contribution is -2.35. The first kappa shape index (κ1) is 21.1. The van der Waals surface area contributed by atoms with Gasteiger partial charge in [0.15, 0.2) is 0 Å². The van der Waals surface area contributed by atoms with E-state index in [2.05, 4.69) is 48.6 Å². The zero-order valence-electron chi connectivity index (χ0n) is 17.4. The predicted molar refractivity (Wildman–Crippen MR) is 108 cm³/mol. The third-order valence-electron chi connectivity index (χ3n) is 6.03. The van der Waals surface area contributed by atoms with Gasteiger partial charge in [0.05, 0.1) is 6.20 Å². The van der Waals surface area contributed by atoms with Crippen molar-refractivity contribution in [3.63, 3.8) is 0 Å². The number of likely N-dealkylation sites (tertiary alicyclic amines) is 1. The second-order valence-corrected chi connectivity index (χ2v) is 8.52. The van der Waals surface area contributed by atoms with Crippen LogP contribution in [0, 0.1) is 11.8 Å². The van der Waals surface area contributed by atoms with Crippen molar-refractivity contribution in [2.45, 2.75) is 85.1 Å². The highest BCUT2D eigenvalue weighted by Gasteiger charge is 2.19. The van der Waals surface area contributed by atoms with Crippen LogP contribution in [0.1, 0.15) is 84.1 Å². The number of ketones is 1. The molecule has 1 saturated heterocycles. The maximum Gasteiger partial charge on any atom is 0.135 e. The van der Waals surface area contributed by atoms with Crippen molar-refractivity contribution >= 4 is 5.78 Å². The molecule has 1 aromatic rings. The first-order valence-corrected chi connectivity index (χ1v) is 10.8. The van der Waals surface area contributed by atoms with E-state index < -0.39 is 0 Å². The Kier molecular flexibility index (Phi) is 8.83. The second kappa shape index (κ2) is 10.9. The Labute approximate surface area is 160 Å². The molecular formula is C22H39N3O. The molecule has 0 aliphatic carbocycles. The first-order chi connectivity index (χ1) is 12.5. The van der Waals surface area contributed by atoms with Crippen molar-refractivity contribution in [2.24, 2.45) is 11.8 Å². The number of rotatable bonds is 11. The minimum atomic E-state index is 0.250. The zero-order chi connectivity index (χ0) is 18.9. The van der Waals surface area contributed by atoms with Gasteiger partial charge in [0.25, 0.3) is 0 Å². The number of hydrogen-bond acceptors (Lipinski definition) is 3. The molecule has 0 radical (unpaired) electrons. The molecule has 2 rings (SSSR count). The van der Waals surface area contributed by atoms with Crippen molar-refractivity contribution in [1.29, 1.82) is 0 Å². The monoisotopic (exact) mass is 361 g/mol. The molecule has 4 heteroatoms. The molecule has 148 valence electrons. The van der Waals surface area contributed by atoms with E-state index in [4.69, 9.17) is 0 Å². The van der Waals surface area contributed by atoms with Crippen molar-refractivity contribution in [2.75, 3.05) is 19.6 Å². The summed E-state index contributed by atoms with van der Waals surface area (Å²) in [6, 6.07) is 0. The highest BCUT2D eigenvalue weighted by Crippen LogP contribution is 2.21. The minimum absolute atomic E-state index is 0.250. The molecule has 26 heavy (non-hydrogen) atoms. The van der Waals surface area contributed by atoms with Gasteiger partial charge in [-0.2, -0.15) is 5.10 Å². The van der Waals surface area contributed by atoms with E-state index in [9.17, 15) is 4.79 Å². The fourth-order valence-corrected chi connectivity index (χ4v) is 3.72. The Hall–Kier alpha value is -1.16. The summed E-state index contributed by atoms with van der Waals surface area (Å²) in [5.74, 6) is 2.03. The number of piperidine rings is 1. The van der Waals surface area contributed by atoms with Gasteiger partial charge in [-0.3, -0.25) is 9.48 Å². The van der Waals surface area contributed by atoms with Crippen LogP contribution < -0.4 is 0 Å². The van der Waals surface area contributed by atoms with Gasteiger partial charge in [0.1, 0.15) is 5.78 Å². The quantitative estimate of drug-likeness (QED) is 0.526. The SMILES string of the molecule is CCC(C)C(=O)CCCCCN1CCC(Cn2cc(C(C)C)cn2)CC1. The zero-order valence-corrected chi connectivity index (χ0v) is 17.4. The maximum atomic E-state index is 11.8. The van der Waals surface area contributed by atoms with Crippen LogP contribution in [-0.2, 0) is 11.3 Å². The second-order valence-electron chi connectivity index (χ2n) is 8.52. The smallest absolute Gasteiger partial charge is 0.135 e. The summed E-state index contributed by atoms with van der Waals surface area (Å²) in [4.78, 5) is 14.5. The normalized spacial score (nSPS) is 17.7. The van der Waals surface area contributed by atoms with Crippen LogP contribution >= 0.6 is 0 Å². The minimum Gasteiger partial charge on any atom is -0.303 e. The van der Waals surface area contributed by atoms with Crippen molar-refractivity contribution in [3.05, 3.63) is 18.0 Å². The van der Waals surface area contributed by atoms with E-state index in [0.29, 0.717) is 11.7 Å². The van der Waals surface area contributed by atoms with Gasteiger partial charge in [-0.05, 0) is 69.1 Å². The van der Waals surface area contributed by atoms with E-state index in [-0.39, 0.29) is 5.92 Å². The molecule has 0 amide bonds. The lowest BCUT2D eigenvalue weighted by molar-refractivity contribution is -0.122. The Morgan fingerprint density at radius 1 is 1.19 bits per heavy atom. The van der Waals surface area contributed by atoms with Gasteiger partial charge in [0.2, 0.25) is 0 Å². The third-order valence-corrected chi connectivity index (χ3v) is 6.03. The number of carbonyl (C=O) groups excluding carboxylic acids is 1. The fourth-order valence-electron chi connectivity index (χ4n) is 3.72. The number of Topliss-reactive ketones (excluding diaryl/α,β-unsaturated/α-hetero) is 1. The Bertz CT molecular complexity index is 529. The summed E-state index contributed by atoms with van der Waals surface area (Å²) < 4.78 is 2.14. The van der Waals surface area contributed by atoms with Gasteiger partial charge in [-0.1, -0.05) is 34.1 Å². The molecule has 1 aliphatic heterocycles. The van der Waals surface area contributed by atoms with Crippen molar-refractivity contribution in [1.82, 2.24) is 14.7 Å². The summed E-state index contributed by atoms with van der Waals surface area (Å²) >= 11 is 0. The van der Waals surface area contributed by atoms with E-state index >= 15 is 0 Å². The average molecular weight is 362 g/mol. The van der Waals surface area contributed by atoms with Crippen LogP contribution in [0.4, 0.5) is 0 Å². The van der Waals surface area contributed by atoms with Gasteiger partial charge in [-0.25, -0.2) is 0 Å². The van der Waals surface area contributed by atoms with E-state index in [1.165, 1.54) is 50.9 Å². The summed E-state index contributed by atoms with van der Waals surface area (Å²) in [7, 11) is 0. The molecule has 1 unspecified atom stereocenters. The van der Waals surface area contributed by atoms with E-state index in [0.717, 1.165) is 31.7 Å². The van der Waals surface area contributed by atoms with Crippen LogP contribution in [-0.4, -0.2) is 40.1 Å².